The fraction of sp³-hybridized carbons (Fsp3) is 0.417. The molecule has 0 saturated carbocycles. The average Bonchev–Trinajstić information content (AvgIpc) is 2.73. The zero-order valence-corrected chi connectivity index (χ0v) is 11.1. The highest BCUT2D eigenvalue weighted by Gasteiger charge is 2.08. The van der Waals surface area contributed by atoms with E-state index in [1.165, 1.54) is 0 Å². The van der Waals surface area contributed by atoms with Gasteiger partial charge in [0.2, 0.25) is 0 Å². The lowest BCUT2D eigenvalue weighted by Crippen LogP contribution is -2.19. The van der Waals surface area contributed by atoms with Gasteiger partial charge < -0.3 is 5.32 Å². The number of aryl methyl sites for hydroxylation is 2. The lowest BCUT2D eigenvalue weighted by Gasteiger charge is -2.10. The maximum Gasteiger partial charge on any atom is 0.125 e. The van der Waals surface area contributed by atoms with E-state index in [0.29, 0.717) is 0 Å². The van der Waals surface area contributed by atoms with Crippen molar-refractivity contribution < 1.29 is 0 Å². The minimum absolute atomic E-state index is 0.254. The predicted octanol–water partition coefficient (Wildman–Crippen LogP) is 2.40. The quantitative estimate of drug-likeness (QED) is 0.902. The van der Waals surface area contributed by atoms with Crippen LogP contribution in [0.1, 0.15) is 35.2 Å². The van der Waals surface area contributed by atoms with Crippen LogP contribution in [-0.4, -0.2) is 15.0 Å². The summed E-state index contributed by atoms with van der Waals surface area (Å²) in [7, 11) is 0. The molecule has 1 unspecified atom stereocenters. The highest BCUT2D eigenvalue weighted by Crippen LogP contribution is 2.17. The van der Waals surface area contributed by atoms with Gasteiger partial charge >= 0.3 is 0 Å². The Labute approximate surface area is 105 Å². The lowest BCUT2D eigenvalue weighted by atomic mass is 10.3. The Morgan fingerprint density at radius 2 is 2.18 bits per heavy atom. The Morgan fingerprint density at radius 1 is 1.35 bits per heavy atom. The van der Waals surface area contributed by atoms with Crippen LogP contribution in [0.3, 0.4) is 0 Å². The molecule has 0 aliphatic carbocycles. The number of hydrogen-bond donors (Lipinski definition) is 1. The van der Waals surface area contributed by atoms with Crippen molar-refractivity contribution >= 4 is 11.3 Å². The smallest absolute Gasteiger partial charge is 0.125 e. The number of hydrogen-bond acceptors (Lipinski definition) is 5. The van der Waals surface area contributed by atoms with Crippen molar-refractivity contribution in [2.75, 3.05) is 0 Å². The molecule has 5 heteroatoms. The SMILES string of the molecule is Cc1csc(C(C)NCc2ccnc(C)n2)n1. The molecular weight excluding hydrogens is 232 g/mol. The third kappa shape index (κ3) is 3.31. The van der Waals surface area contributed by atoms with E-state index in [2.05, 4.69) is 32.6 Å². The zero-order valence-electron chi connectivity index (χ0n) is 10.3. The summed E-state index contributed by atoms with van der Waals surface area (Å²) >= 11 is 1.69. The first-order valence-corrected chi connectivity index (χ1v) is 6.47. The fourth-order valence-electron chi connectivity index (χ4n) is 1.52. The van der Waals surface area contributed by atoms with Crippen molar-refractivity contribution in [3.8, 4) is 0 Å². The van der Waals surface area contributed by atoms with Crippen LogP contribution in [0.5, 0.6) is 0 Å². The van der Waals surface area contributed by atoms with E-state index in [1.54, 1.807) is 17.5 Å². The minimum Gasteiger partial charge on any atom is -0.302 e. The number of thiazole rings is 1. The van der Waals surface area contributed by atoms with Gasteiger partial charge in [-0.2, -0.15) is 0 Å². The van der Waals surface area contributed by atoms with Gasteiger partial charge in [0, 0.05) is 23.8 Å². The van der Waals surface area contributed by atoms with Gasteiger partial charge in [0.15, 0.2) is 0 Å². The van der Waals surface area contributed by atoms with Crippen molar-refractivity contribution in [1.82, 2.24) is 20.3 Å². The van der Waals surface area contributed by atoms with Gasteiger partial charge in [0.05, 0.1) is 11.7 Å². The molecule has 0 bridgehead atoms. The predicted molar refractivity (Wildman–Crippen MR) is 68.9 cm³/mol. The standard InChI is InChI=1S/C12H16N4S/c1-8-7-17-12(15-8)9(2)14-6-11-4-5-13-10(3)16-11/h4-5,7,9,14H,6H2,1-3H3. The first kappa shape index (κ1) is 12.1. The molecule has 2 heterocycles. The summed E-state index contributed by atoms with van der Waals surface area (Å²) in [5.41, 5.74) is 2.09. The molecule has 0 aromatic carbocycles. The van der Waals surface area contributed by atoms with Crippen LogP contribution >= 0.6 is 11.3 Å². The summed E-state index contributed by atoms with van der Waals surface area (Å²) in [5.74, 6) is 0.807. The molecular formula is C12H16N4S. The maximum atomic E-state index is 4.46. The Hall–Kier alpha value is -1.33. The van der Waals surface area contributed by atoms with E-state index in [9.17, 15) is 0 Å². The van der Waals surface area contributed by atoms with Gasteiger partial charge in [-0.05, 0) is 26.8 Å². The Bertz CT molecular complexity index is 495. The summed E-state index contributed by atoms with van der Waals surface area (Å²) < 4.78 is 0. The summed E-state index contributed by atoms with van der Waals surface area (Å²) in [4.78, 5) is 12.9. The number of rotatable bonds is 4. The van der Waals surface area contributed by atoms with Crippen LogP contribution in [0.4, 0.5) is 0 Å². The van der Waals surface area contributed by atoms with Crippen LogP contribution in [-0.2, 0) is 6.54 Å². The summed E-state index contributed by atoms with van der Waals surface area (Å²) in [6, 6.07) is 2.18. The molecule has 2 aromatic heterocycles. The number of nitrogens with one attached hydrogen (secondary N) is 1. The van der Waals surface area contributed by atoms with Crippen LogP contribution in [0.15, 0.2) is 17.6 Å². The molecule has 0 fully saturated rings. The van der Waals surface area contributed by atoms with Gasteiger partial charge in [-0.15, -0.1) is 11.3 Å². The molecule has 17 heavy (non-hydrogen) atoms. The van der Waals surface area contributed by atoms with Crippen molar-refractivity contribution in [2.24, 2.45) is 0 Å². The van der Waals surface area contributed by atoms with E-state index in [1.807, 2.05) is 19.9 Å². The number of nitrogens with zero attached hydrogens (tertiary/aromatic N) is 3. The van der Waals surface area contributed by atoms with Crippen molar-refractivity contribution in [3.05, 3.63) is 39.9 Å². The van der Waals surface area contributed by atoms with Crippen LogP contribution in [0, 0.1) is 13.8 Å². The maximum absolute atomic E-state index is 4.46. The molecule has 0 amide bonds. The third-order valence-electron chi connectivity index (χ3n) is 2.43. The fourth-order valence-corrected chi connectivity index (χ4v) is 2.35. The molecule has 1 N–H and O–H groups in total. The van der Waals surface area contributed by atoms with Crippen LogP contribution < -0.4 is 5.32 Å². The van der Waals surface area contributed by atoms with Gasteiger partial charge in [0.1, 0.15) is 10.8 Å². The van der Waals surface area contributed by atoms with Crippen molar-refractivity contribution in [2.45, 2.75) is 33.4 Å². The molecule has 4 nitrogen and oxygen atoms in total. The molecule has 2 rings (SSSR count). The van der Waals surface area contributed by atoms with Crippen LogP contribution in [0.25, 0.3) is 0 Å². The second-order valence-corrected chi connectivity index (χ2v) is 4.91. The topological polar surface area (TPSA) is 50.7 Å². The summed E-state index contributed by atoms with van der Waals surface area (Å²) in [6.07, 6.45) is 1.79. The number of aromatic nitrogens is 3. The Morgan fingerprint density at radius 3 is 2.82 bits per heavy atom. The highest BCUT2D eigenvalue weighted by atomic mass is 32.1. The Kier molecular flexibility index (Phi) is 3.81. The summed E-state index contributed by atoms with van der Waals surface area (Å²) in [5, 5.41) is 6.60. The second kappa shape index (κ2) is 5.33. The van der Waals surface area contributed by atoms with E-state index >= 15 is 0 Å². The molecule has 0 spiro atoms. The Balaban J connectivity index is 1.94. The summed E-state index contributed by atoms with van der Waals surface area (Å²) in [6.45, 7) is 6.77. The van der Waals surface area contributed by atoms with Crippen LogP contribution in [0.2, 0.25) is 0 Å². The highest BCUT2D eigenvalue weighted by molar-refractivity contribution is 7.09. The van der Waals surface area contributed by atoms with Gasteiger partial charge in [0.25, 0.3) is 0 Å². The van der Waals surface area contributed by atoms with E-state index in [4.69, 9.17) is 0 Å². The second-order valence-electron chi connectivity index (χ2n) is 4.02. The van der Waals surface area contributed by atoms with Crippen molar-refractivity contribution in [3.63, 3.8) is 0 Å². The molecule has 2 aromatic rings. The molecule has 1 atom stereocenters. The monoisotopic (exact) mass is 248 g/mol. The van der Waals surface area contributed by atoms with Crippen molar-refractivity contribution in [1.29, 1.82) is 0 Å². The lowest BCUT2D eigenvalue weighted by molar-refractivity contribution is 0.563. The normalized spacial score (nSPS) is 12.6. The third-order valence-corrected chi connectivity index (χ3v) is 3.58. The molecule has 0 aliphatic heterocycles. The largest absolute Gasteiger partial charge is 0.302 e. The molecule has 0 aliphatic rings. The van der Waals surface area contributed by atoms with Gasteiger partial charge in [-0.1, -0.05) is 0 Å². The van der Waals surface area contributed by atoms with E-state index < -0.39 is 0 Å². The van der Waals surface area contributed by atoms with Gasteiger partial charge in [-0.3, -0.25) is 0 Å². The first-order chi connectivity index (χ1) is 8.15. The van der Waals surface area contributed by atoms with E-state index in [-0.39, 0.29) is 6.04 Å². The van der Waals surface area contributed by atoms with Gasteiger partial charge in [-0.25, -0.2) is 15.0 Å². The average molecular weight is 248 g/mol. The molecule has 0 radical (unpaired) electrons. The molecule has 0 saturated heterocycles. The zero-order chi connectivity index (χ0) is 12.3. The first-order valence-electron chi connectivity index (χ1n) is 5.59. The van der Waals surface area contributed by atoms with E-state index in [0.717, 1.165) is 28.8 Å². The molecule has 90 valence electrons. The minimum atomic E-state index is 0.254.